The highest BCUT2D eigenvalue weighted by atomic mass is 35.5. The van der Waals surface area contributed by atoms with E-state index in [1.807, 2.05) is 0 Å². The topological polar surface area (TPSA) is 92.2 Å². The predicted octanol–water partition coefficient (Wildman–Crippen LogP) is 1.32. The van der Waals surface area contributed by atoms with Gasteiger partial charge in [-0.05, 0) is 6.42 Å². The highest BCUT2D eigenvalue weighted by Crippen LogP contribution is 2.09. The monoisotopic (exact) mass is 243 g/mol. The van der Waals surface area contributed by atoms with Gasteiger partial charge in [-0.15, -0.1) is 0 Å². The summed E-state index contributed by atoms with van der Waals surface area (Å²) in [7, 11) is 0. The molecule has 2 N–H and O–H groups in total. The number of carbonyl (C=O) groups excluding carboxylic acids is 1. The number of carbonyl (C=O) groups is 2. The fraction of sp³-hybridized carbons (Fsp3) is 0.333. The molecule has 0 radical (unpaired) electrons. The Morgan fingerprint density at radius 1 is 1.38 bits per heavy atom. The van der Waals surface area contributed by atoms with Crippen LogP contribution in [0.2, 0.25) is 5.15 Å². The molecule has 0 bridgehead atoms. The van der Waals surface area contributed by atoms with Gasteiger partial charge in [0, 0.05) is 18.9 Å². The van der Waals surface area contributed by atoms with Crippen molar-refractivity contribution in [3.8, 4) is 0 Å². The van der Waals surface area contributed by atoms with Crippen LogP contribution in [0.15, 0.2) is 12.4 Å². The maximum Gasteiger partial charge on any atom is 0.303 e. The Bertz CT molecular complexity index is 397. The molecule has 1 aromatic heterocycles. The third-order valence-corrected chi connectivity index (χ3v) is 1.90. The first-order valence-corrected chi connectivity index (χ1v) is 4.95. The van der Waals surface area contributed by atoms with Crippen molar-refractivity contribution in [3.05, 3.63) is 17.5 Å². The van der Waals surface area contributed by atoms with Crippen molar-refractivity contribution < 1.29 is 14.7 Å². The normalized spacial score (nSPS) is 9.81. The van der Waals surface area contributed by atoms with E-state index < -0.39 is 5.97 Å². The molecule has 0 fully saturated rings. The van der Waals surface area contributed by atoms with Crippen LogP contribution in [0.5, 0.6) is 0 Å². The highest BCUT2D eigenvalue weighted by Gasteiger charge is 2.05. The molecule has 1 heterocycles. The summed E-state index contributed by atoms with van der Waals surface area (Å²) in [5.74, 6) is -0.908. The van der Waals surface area contributed by atoms with E-state index in [-0.39, 0.29) is 23.9 Å². The Kier molecular flexibility index (Phi) is 4.65. The molecule has 0 aliphatic carbocycles. The van der Waals surface area contributed by atoms with E-state index in [9.17, 15) is 9.59 Å². The maximum absolute atomic E-state index is 11.3. The molecule has 16 heavy (non-hydrogen) atoms. The summed E-state index contributed by atoms with van der Waals surface area (Å²) in [5.41, 5.74) is 0. The molecule has 0 saturated heterocycles. The Morgan fingerprint density at radius 2 is 2.12 bits per heavy atom. The van der Waals surface area contributed by atoms with Gasteiger partial charge in [0.15, 0.2) is 0 Å². The van der Waals surface area contributed by atoms with E-state index in [4.69, 9.17) is 16.7 Å². The van der Waals surface area contributed by atoms with E-state index >= 15 is 0 Å². The van der Waals surface area contributed by atoms with Crippen LogP contribution in [0.3, 0.4) is 0 Å². The standard InChI is InChI=1S/C9H10ClN3O3/c10-6-4-7(12-5-11-6)13-8(14)2-1-3-9(15)16/h4-5H,1-3H2,(H,15,16)(H,11,12,13,14). The molecule has 0 aromatic carbocycles. The van der Waals surface area contributed by atoms with Gasteiger partial charge in [0.2, 0.25) is 5.91 Å². The SMILES string of the molecule is O=C(O)CCCC(=O)Nc1cc(Cl)ncn1. The second-order valence-electron chi connectivity index (χ2n) is 3.02. The third-order valence-electron chi connectivity index (χ3n) is 1.70. The molecule has 1 aromatic rings. The summed E-state index contributed by atoms with van der Waals surface area (Å²) < 4.78 is 0. The van der Waals surface area contributed by atoms with E-state index in [1.165, 1.54) is 12.4 Å². The van der Waals surface area contributed by atoms with E-state index in [1.54, 1.807) is 0 Å². The van der Waals surface area contributed by atoms with Crippen LogP contribution in [0.4, 0.5) is 5.82 Å². The van der Waals surface area contributed by atoms with Gasteiger partial charge in [-0.1, -0.05) is 11.6 Å². The number of hydrogen-bond acceptors (Lipinski definition) is 4. The highest BCUT2D eigenvalue weighted by molar-refractivity contribution is 6.29. The van der Waals surface area contributed by atoms with Crippen LogP contribution in [-0.2, 0) is 9.59 Å². The molecule has 1 amide bonds. The summed E-state index contributed by atoms with van der Waals surface area (Å²) in [6.45, 7) is 0. The first-order valence-electron chi connectivity index (χ1n) is 4.57. The fourth-order valence-electron chi connectivity index (χ4n) is 1.01. The predicted molar refractivity (Wildman–Crippen MR) is 57.2 cm³/mol. The minimum Gasteiger partial charge on any atom is -0.481 e. The van der Waals surface area contributed by atoms with E-state index in [0.717, 1.165) is 0 Å². The molecule has 0 spiro atoms. The molecule has 7 heteroatoms. The zero-order valence-electron chi connectivity index (χ0n) is 8.31. The van der Waals surface area contributed by atoms with Gasteiger partial charge >= 0.3 is 5.97 Å². The molecule has 0 aliphatic heterocycles. The summed E-state index contributed by atoms with van der Waals surface area (Å²) in [6, 6.07) is 1.41. The average molecular weight is 244 g/mol. The molecular formula is C9H10ClN3O3. The number of nitrogens with one attached hydrogen (secondary N) is 1. The molecular weight excluding hydrogens is 234 g/mol. The second-order valence-corrected chi connectivity index (χ2v) is 3.41. The van der Waals surface area contributed by atoms with Crippen LogP contribution in [0.25, 0.3) is 0 Å². The number of rotatable bonds is 5. The number of halogens is 1. The first kappa shape index (κ1) is 12.4. The number of aliphatic carboxylic acids is 1. The largest absolute Gasteiger partial charge is 0.481 e. The summed E-state index contributed by atoms with van der Waals surface area (Å²) in [4.78, 5) is 28.9. The third kappa shape index (κ3) is 4.70. The number of anilines is 1. The number of carboxylic acid groups (broad SMARTS) is 1. The lowest BCUT2D eigenvalue weighted by Crippen LogP contribution is -2.13. The van der Waals surface area contributed by atoms with Crippen molar-refractivity contribution in [1.82, 2.24) is 9.97 Å². The Balaban J connectivity index is 2.37. The molecule has 0 unspecified atom stereocenters. The molecule has 0 atom stereocenters. The van der Waals surface area contributed by atoms with Crippen LogP contribution < -0.4 is 5.32 Å². The zero-order chi connectivity index (χ0) is 12.0. The smallest absolute Gasteiger partial charge is 0.303 e. The maximum atomic E-state index is 11.3. The van der Waals surface area contributed by atoms with E-state index in [0.29, 0.717) is 12.2 Å². The number of carboxylic acids is 1. The molecule has 0 saturated carbocycles. The van der Waals surface area contributed by atoms with Crippen molar-refractivity contribution in [1.29, 1.82) is 0 Å². The van der Waals surface area contributed by atoms with Gasteiger partial charge in [0.25, 0.3) is 0 Å². The average Bonchev–Trinajstić information content (AvgIpc) is 2.16. The summed E-state index contributed by atoms with van der Waals surface area (Å²) >= 11 is 5.59. The second kappa shape index (κ2) is 6.02. The molecule has 86 valence electrons. The van der Waals surface area contributed by atoms with Crippen LogP contribution in [-0.4, -0.2) is 27.0 Å². The van der Waals surface area contributed by atoms with Gasteiger partial charge < -0.3 is 10.4 Å². The van der Waals surface area contributed by atoms with Gasteiger partial charge in [0.05, 0.1) is 0 Å². The van der Waals surface area contributed by atoms with Gasteiger partial charge in [0.1, 0.15) is 17.3 Å². The van der Waals surface area contributed by atoms with Gasteiger partial charge in [-0.3, -0.25) is 9.59 Å². The molecule has 1 rings (SSSR count). The lowest BCUT2D eigenvalue weighted by Gasteiger charge is -2.02. The van der Waals surface area contributed by atoms with Crippen molar-refractivity contribution in [2.45, 2.75) is 19.3 Å². The quantitative estimate of drug-likeness (QED) is 0.761. The lowest BCUT2D eigenvalue weighted by atomic mass is 10.2. The van der Waals surface area contributed by atoms with Crippen LogP contribution in [0.1, 0.15) is 19.3 Å². The fourth-order valence-corrected chi connectivity index (χ4v) is 1.15. The minimum atomic E-state index is -0.919. The lowest BCUT2D eigenvalue weighted by molar-refractivity contribution is -0.137. The Hall–Kier alpha value is -1.69. The van der Waals surface area contributed by atoms with E-state index in [2.05, 4.69) is 15.3 Å². The first-order chi connectivity index (χ1) is 7.58. The van der Waals surface area contributed by atoms with Crippen molar-refractivity contribution >= 4 is 29.3 Å². The van der Waals surface area contributed by atoms with Crippen LogP contribution in [0, 0.1) is 0 Å². The summed E-state index contributed by atoms with van der Waals surface area (Å²) in [6.07, 6.45) is 1.63. The molecule has 0 aliphatic rings. The van der Waals surface area contributed by atoms with Gasteiger partial charge in [-0.25, -0.2) is 9.97 Å². The Labute approximate surface area is 96.7 Å². The number of amides is 1. The number of nitrogens with zero attached hydrogens (tertiary/aromatic N) is 2. The van der Waals surface area contributed by atoms with Gasteiger partial charge in [-0.2, -0.15) is 0 Å². The number of hydrogen-bond donors (Lipinski definition) is 2. The van der Waals surface area contributed by atoms with Crippen molar-refractivity contribution in [2.24, 2.45) is 0 Å². The van der Waals surface area contributed by atoms with Crippen LogP contribution >= 0.6 is 11.6 Å². The van der Waals surface area contributed by atoms with Crippen molar-refractivity contribution in [2.75, 3.05) is 5.32 Å². The molecule has 6 nitrogen and oxygen atoms in total. The Morgan fingerprint density at radius 3 is 2.75 bits per heavy atom. The summed E-state index contributed by atoms with van der Waals surface area (Å²) in [5, 5.41) is 11.1. The van der Waals surface area contributed by atoms with Crippen molar-refractivity contribution in [3.63, 3.8) is 0 Å². The number of aromatic nitrogens is 2. The minimum absolute atomic E-state index is 0.0298. The zero-order valence-corrected chi connectivity index (χ0v) is 9.07.